The maximum absolute atomic E-state index is 8.67. The van der Waals surface area contributed by atoms with Crippen LogP contribution >= 0.6 is 0 Å². The number of nitrogens with zero attached hydrogens (tertiary/aromatic N) is 2. The van der Waals surface area contributed by atoms with E-state index in [-0.39, 0.29) is 0 Å². The summed E-state index contributed by atoms with van der Waals surface area (Å²) in [5, 5.41) is 11.2. The number of nitrogens with one attached hydrogen (secondary N) is 1. The number of nitriles is 1. The molecule has 3 heteroatoms. The van der Waals surface area contributed by atoms with Crippen LogP contribution in [0.5, 0.6) is 0 Å². The molecule has 1 N–H and O–H groups in total. The maximum Gasteiger partial charge on any atom is 0.182 e. The molecule has 2 rings (SSSR count). The van der Waals surface area contributed by atoms with Crippen molar-refractivity contribution in [3.63, 3.8) is 0 Å². The lowest BCUT2D eigenvalue weighted by molar-refractivity contribution is 1.29. The lowest BCUT2D eigenvalue weighted by atomic mass is 10.0. The summed E-state index contributed by atoms with van der Waals surface area (Å²) in [6.07, 6.45) is 5.26. The topological polar surface area (TPSA) is 48.7 Å². The van der Waals surface area contributed by atoms with Crippen molar-refractivity contribution in [3.05, 3.63) is 54.7 Å². The first-order valence-electron chi connectivity index (χ1n) is 5.19. The van der Waals surface area contributed by atoms with Gasteiger partial charge in [0.05, 0.1) is 0 Å². The highest BCUT2D eigenvalue weighted by molar-refractivity contribution is 5.80. The minimum absolute atomic E-state index is 0.531. The van der Waals surface area contributed by atoms with Crippen LogP contribution in [-0.2, 0) is 0 Å². The van der Waals surface area contributed by atoms with Crippen LogP contribution in [0.4, 0.5) is 5.82 Å². The standard InChI is InChI=1S/C14H11N3/c1-2-12-13(11-6-4-3-5-7-11)8-9-16-14(12)17-10-15/h2-9H,1H2,(H,16,17). The van der Waals surface area contributed by atoms with Crippen LogP contribution in [-0.4, -0.2) is 4.98 Å². The van der Waals surface area contributed by atoms with E-state index in [1.54, 1.807) is 12.3 Å². The number of benzene rings is 1. The van der Waals surface area contributed by atoms with Gasteiger partial charge in [0.2, 0.25) is 0 Å². The van der Waals surface area contributed by atoms with E-state index in [1.165, 1.54) is 0 Å². The van der Waals surface area contributed by atoms with Crippen molar-refractivity contribution in [2.45, 2.75) is 0 Å². The maximum atomic E-state index is 8.67. The molecule has 1 aromatic carbocycles. The van der Waals surface area contributed by atoms with Gasteiger partial charge >= 0.3 is 0 Å². The van der Waals surface area contributed by atoms with Gasteiger partial charge < -0.3 is 0 Å². The van der Waals surface area contributed by atoms with Crippen molar-refractivity contribution in [2.75, 3.05) is 5.32 Å². The molecule has 0 aliphatic rings. The largest absolute Gasteiger partial charge is 0.276 e. The molecule has 82 valence electrons. The molecule has 0 atom stereocenters. The summed E-state index contributed by atoms with van der Waals surface area (Å²) < 4.78 is 0. The summed E-state index contributed by atoms with van der Waals surface area (Å²) in [6.45, 7) is 3.77. The Bertz CT molecular complexity index is 568. The Morgan fingerprint density at radius 2 is 2.00 bits per heavy atom. The summed E-state index contributed by atoms with van der Waals surface area (Å²) in [4.78, 5) is 4.12. The summed E-state index contributed by atoms with van der Waals surface area (Å²) in [5.74, 6) is 0.531. The van der Waals surface area contributed by atoms with Gasteiger partial charge in [-0.1, -0.05) is 43.0 Å². The van der Waals surface area contributed by atoms with Crippen LogP contribution in [0.15, 0.2) is 49.2 Å². The molecule has 1 aromatic heterocycles. The lowest BCUT2D eigenvalue weighted by Gasteiger charge is -2.09. The molecule has 0 aliphatic carbocycles. The fraction of sp³-hybridized carbons (Fsp3) is 0. The zero-order valence-electron chi connectivity index (χ0n) is 9.22. The van der Waals surface area contributed by atoms with Crippen LogP contribution in [0.3, 0.4) is 0 Å². The van der Waals surface area contributed by atoms with Crippen LogP contribution in [0.1, 0.15) is 5.56 Å². The van der Waals surface area contributed by atoms with E-state index in [4.69, 9.17) is 5.26 Å². The Balaban J connectivity index is 2.59. The summed E-state index contributed by atoms with van der Waals surface area (Å²) in [5.41, 5.74) is 2.92. The quantitative estimate of drug-likeness (QED) is 0.639. The molecule has 0 fully saturated rings. The van der Waals surface area contributed by atoms with Gasteiger partial charge in [-0.2, -0.15) is 5.26 Å². The first-order chi connectivity index (χ1) is 8.36. The van der Waals surface area contributed by atoms with Gasteiger partial charge in [0.15, 0.2) is 6.19 Å². The zero-order valence-corrected chi connectivity index (χ0v) is 9.22. The summed E-state index contributed by atoms with van der Waals surface area (Å²) >= 11 is 0. The molecule has 0 unspecified atom stereocenters. The molecular weight excluding hydrogens is 210 g/mol. The van der Waals surface area contributed by atoms with Crippen LogP contribution in [0, 0.1) is 11.5 Å². The van der Waals surface area contributed by atoms with Gasteiger partial charge in [-0.25, -0.2) is 4.98 Å². The molecule has 1 heterocycles. The normalized spacial score (nSPS) is 9.35. The third-order valence-electron chi connectivity index (χ3n) is 2.45. The highest BCUT2D eigenvalue weighted by atomic mass is 15.0. The Kier molecular flexibility index (Phi) is 3.18. The van der Waals surface area contributed by atoms with Gasteiger partial charge in [0.1, 0.15) is 5.82 Å². The molecule has 0 bridgehead atoms. The molecule has 0 saturated heterocycles. The van der Waals surface area contributed by atoms with Gasteiger partial charge in [-0.15, -0.1) is 0 Å². The smallest absolute Gasteiger partial charge is 0.182 e. The van der Waals surface area contributed by atoms with Crippen molar-refractivity contribution < 1.29 is 0 Å². The van der Waals surface area contributed by atoms with Crippen molar-refractivity contribution >= 4 is 11.9 Å². The number of rotatable bonds is 3. The van der Waals surface area contributed by atoms with Crippen molar-refractivity contribution in [2.24, 2.45) is 0 Å². The molecule has 0 saturated carbocycles. The van der Waals surface area contributed by atoms with E-state index in [0.29, 0.717) is 5.82 Å². The Labute approximate surface area is 100 Å². The van der Waals surface area contributed by atoms with Gasteiger partial charge in [-0.3, -0.25) is 5.32 Å². The van der Waals surface area contributed by atoms with Crippen LogP contribution in [0.2, 0.25) is 0 Å². The number of pyridine rings is 1. The van der Waals surface area contributed by atoms with Crippen molar-refractivity contribution in [1.29, 1.82) is 5.26 Å². The van der Waals surface area contributed by atoms with E-state index < -0.39 is 0 Å². The highest BCUT2D eigenvalue weighted by Gasteiger charge is 2.07. The minimum Gasteiger partial charge on any atom is -0.276 e. The monoisotopic (exact) mass is 221 g/mol. The number of anilines is 1. The average molecular weight is 221 g/mol. The third-order valence-corrected chi connectivity index (χ3v) is 2.45. The van der Waals surface area contributed by atoms with E-state index in [0.717, 1.165) is 16.7 Å². The van der Waals surface area contributed by atoms with E-state index in [9.17, 15) is 0 Å². The lowest BCUT2D eigenvalue weighted by Crippen LogP contribution is -1.96. The molecule has 0 amide bonds. The molecule has 17 heavy (non-hydrogen) atoms. The second-order valence-corrected chi connectivity index (χ2v) is 3.43. The zero-order chi connectivity index (χ0) is 12.1. The second kappa shape index (κ2) is 4.95. The fourth-order valence-corrected chi connectivity index (χ4v) is 1.70. The highest BCUT2D eigenvalue weighted by Crippen LogP contribution is 2.28. The first kappa shape index (κ1) is 10.9. The summed E-state index contributed by atoms with van der Waals surface area (Å²) in [7, 11) is 0. The van der Waals surface area contributed by atoms with Crippen molar-refractivity contribution in [3.8, 4) is 17.3 Å². The van der Waals surface area contributed by atoms with Crippen molar-refractivity contribution in [1.82, 2.24) is 4.98 Å². The van der Waals surface area contributed by atoms with Crippen LogP contribution < -0.4 is 5.32 Å². The third kappa shape index (κ3) is 2.16. The fourth-order valence-electron chi connectivity index (χ4n) is 1.70. The predicted molar refractivity (Wildman–Crippen MR) is 69.0 cm³/mol. The number of hydrogen-bond donors (Lipinski definition) is 1. The molecular formula is C14H11N3. The van der Waals surface area contributed by atoms with Gasteiger partial charge in [-0.05, 0) is 17.2 Å². The molecule has 0 radical (unpaired) electrons. The molecule has 0 aliphatic heterocycles. The van der Waals surface area contributed by atoms with E-state index in [2.05, 4.69) is 16.9 Å². The SMILES string of the molecule is C=Cc1c(-c2ccccc2)ccnc1NC#N. The van der Waals surface area contributed by atoms with E-state index >= 15 is 0 Å². The summed E-state index contributed by atoms with van der Waals surface area (Å²) in [6, 6.07) is 11.8. The molecule has 2 aromatic rings. The molecule has 0 spiro atoms. The van der Waals surface area contributed by atoms with Crippen LogP contribution in [0.25, 0.3) is 17.2 Å². The number of aromatic nitrogens is 1. The Morgan fingerprint density at radius 3 is 2.65 bits per heavy atom. The minimum atomic E-state index is 0.531. The van der Waals surface area contributed by atoms with Gasteiger partial charge in [0, 0.05) is 11.8 Å². The van der Waals surface area contributed by atoms with E-state index in [1.807, 2.05) is 42.6 Å². The second-order valence-electron chi connectivity index (χ2n) is 3.43. The molecule has 3 nitrogen and oxygen atoms in total. The predicted octanol–water partition coefficient (Wildman–Crippen LogP) is 3.28. The average Bonchev–Trinajstić information content (AvgIpc) is 2.40. The first-order valence-corrected chi connectivity index (χ1v) is 5.19. The Morgan fingerprint density at radius 1 is 1.24 bits per heavy atom. The Hall–Kier alpha value is -2.60. The number of hydrogen-bond acceptors (Lipinski definition) is 3. The van der Waals surface area contributed by atoms with Gasteiger partial charge in [0.25, 0.3) is 0 Å².